The van der Waals surface area contributed by atoms with Gasteiger partial charge >= 0.3 is 5.97 Å². The number of ketones is 1. The monoisotopic (exact) mass is 407 g/mol. The van der Waals surface area contributed by atoms with E-state index < -0.39 is 11.9 Å². The number of esters is 1. The van der Waals surface area contributed by atoms with Crippen LogP contribution in [0, 0.1) is 0 Å². The van der Waals surface area contributed by atoms with E-state index in [4.69, 9.17) is 16.3 Å². The summed E-state index contributed by atoms with van der Waals surface area (Å²) in [5, 5.41) is 2.83. The van der Waals surface area contributed by atoms with Crippen LogP contribution in [0.4, 0.5) is 5.69 Å². The molecule has 0 fully saturated rings. The molecule has 0 atom stereocenters. The van der Waals surface area contributed by atoms with E-state index >= 15 is 0 Å². The van der Waals surface area contributed by atoms with Gasteiger partial charge in [-0.1, -0.05) is 43.6 Å². The number of aryl methyl sites for hydroxylation is 2. The minimum atomic E-state index is -0.583. The van der Waals surface area contributed by atoms with Crippen molar-refractivity contribution in [3.63, 3.8) is 0 Å². The van der Waals surface area contributed by atoms with E-state index in [-0.39, 0.29) is 25.2 Å². The molecule has 1 heterocycles. The average molecular weight is 408 g/mol. The lowest BCUT2D eigenvalue weighted by Gasteiger charge is -2.14. The van der Waals surface area contributed by atoms with E-state index in [1.54, 1.807) is 12.1 Å². The number of benzene rings is 1. The van der Waals surface area contributed by atoms with E-state index in [1.165, 1.54) is 11.3 Å². The van der Waals surface area contributed by atoms with Crippen LogP contribution in [0.3, 0.4) is 0 Å². The van der Waals surface area contributed by atoms with Crippen LogP contribution in [-0.2, 0) is 27.2 Å². The molecule has 0 bridgehead atoms. The second kappa shape index (κ2) is 10.2. The maximum absolute atomic E-state index is 12.1. The first kappa shape index (κ1) is 21.1. The SMILES string of the molecule is CCc1cccc(CC)c1NC(=O)COC(=O)CCC(=O)c1ccc(Cl)s1. The van der Waals surface area contributed by atoms with Crippen molar-refractivity contribution in [1.29, 1.82) is 0 Å². The summed E-state index contributed by atoms with van der Waals surface area (Å²) in [5.74, 6) is -1.14. The van der Waals surface area contributed by atoms with E-state index in [0.717, 1.165) is 29.7 Å². The Bertz CT molecular complexity index is 809. The fourth-order valence-electron chi connectivity index (χ4n) is 2.60. The standard InChI is InChI=1S/C20H22ClNO4S/c1-3-13-6-5-7-14(4-2)20(13)22-18(24)12-26-19(25)11-8-15(23)16-9-10-17(21)27-16/h5-7,9-10H,3-4,8,11-12H2,1-2H3,(H,22,24). The number of thiophene rings is 1. The highest BCUT2D eigenvalue weighted by Crippen LogP contribution is 2.23. The third-order valence-corrected chi connectivity index (χ3v) is 5.30. The van der Waals surface area contributed by atoms with Gasteiger partial charge in [0, 0.05) is 12.1 Å². The number of para-hydroxylation sites is 1. The van der Waals surface area contributed by atoms with Gasteiger partial charge in [-0.15, -0.1) is 11.3 Å². The largest absolute Gasteiger partial charge is 0.456 e. The number of anilines is 1. The topological polar surface area (TPSA) is 72.5 Å². The molecule has 0 aliphatic carbocycles. The Labute approximate surface area is 167 Å². The first-order chi connectivity index (χ1) is 12.9. The molecule has 5 nitrogen and oxygen atoms in total. The molecule has 27 heavy (non-hydrogen) atoms. The molecule has 0 spiro atoms. The Kier molecular flexibility index (Phi) is 8.00. The van der Waals surface area contributed by atoms with Gasteiger partial charge in [0.2, 0.25) is 0 Å². The number of nitrogens with one attached hydrogen (secondary N) is 1. The van der Waals surface area contributed by atoms with E-state index in [2.05, 4.69) is 5.32 Å². The van der Waals surface area contributed by atoms with Crippen molar-refractivity contribution >= 4 is 46.3 Å². The zero-order valence-electron chi connectivity index (χ0n) is 15.3. The van der Waals surface area contributed by atoms with Gasteiger partial charge in [-0.2, -0.15) is 0 Å². The highest BCUT2D eigenvalue weighted by Gasteiger charge is 2.15. The number of halogens is 1. The molecule has 0 unspecified atom stereocenters. The van der Waals surface area contributed by atoms with Crippen LogP contribution in [-0.4, -0.2) is 24.3 Å². The summed E-state index contributed by atoms with van der Waals surface area (Å²) in [7, 11) is 0. The molecule has 2 aromatic rings. The maximum Gasteiger partial charge on any atom is 0.306 e. The van der Waals surface area contributed by atoms with Crippen LogP contribution in [0.25, 0.3) is 0 Å². The second-order valence-corrected chi connectivity index (χ2v) is 7.61. The molecule has 1 aromatic carbocycles. The zero-order valence-corrected chi connectivity index (χ0v) is 16.9. The average Bonchev–Trinajstić information content (AvgIpc) is 3.11. The lowest BCUT2D eigenvalue weighted by Crippen LogP contribution is -2.22. The Balaban J connectivity index is 1.82. The third-order valence-electron chi connectivity index (χ3n) is 4.03. The summed E-state index contributed by atoms with van der Waals surface area (Å²) in [4.78, 5) is 36.4. The highest BCUT2D eigenvalue weighted by molar-refractivity contribution is 7.18. The number of Topliss-reactive ketones (excluding diaryl/α,β-unsaturated/α-hetero) is 1. The van der Waals surface area contributed by atoms with Gasteiger partial charge in [-0.25, -0.2) is 0 Å². The molecule has 0 aliphatic heterocycles. The van der Waals surface area contributed by atoms with E-state index in [0.29, 0.717) is 9.21 Å². The Hall–Kier alpha value is -2.18. The third kappa shape index (κ3) is 6.19. The van der Waals surface area contributed by atoms with Crippen LogP contribution >= 0.6 is 22.9 Å². The van der Waals surface area contributed by atoms with Crippen LogP contribution in [0.2, 0.25) is 4.34 Å². The normalized spacial score (nSPS) is 10.5. The summed E-state index contributed by atoms with van der Waals surface area (Å²) >= 11 is 6.97. The minimum Gasteiger partial charge on any atom is -0.456 e. The fourth-order valence-corrected chi connectivity index (χ4v) is 3.61. The van der Waals surface area contributed by atoms with Crippen LogP contribution in [0.5, 0.6) is 0 Å². The molecule has 1 amide bonds. The van der Waals surface area contributed by atoms with Crippen LogP contribution in [0.15, 0.2) is 30.3 Å². The van der Waals surface area contributed by atoms with Gasteiger partial charge in [0.15, 0.2) is 12.4 Å². The van der Waals surface area contributed by atoms with Crippen molar-refractivity contribution in [1.82, 2.24) is 0 Å². The summed E-state index contributed by atoms with van der Waals surface area (Å²) in [5.41, 5.74) is 2.86. The number of hydrogen-bond donors (Lipinski definition) is 1. The van der Waals surface area contributed by atoms with Crippen LogP contribution in [0.1, 0.15) is 47.5 Å². The number of ether oxygens (including phenoxy) is 1. The summed E-state index contributed by atoms with van der Waals surface area (Å²) < 4.78 is 5.51. The summed E-state index contributed by atoms with van der Waals surface area (Å²) in [6.07, 6.45) is 1.53. The predicted octanol–water partition coefficient (Wildman–Crippen LogP) is 4.67. The molecule has 1 aromatic heterocycles. The number of carbonyl (C=O) groups excluding carboxylic acids is 3. The van der Waals surface area contributed by atoms with Crippen molar-refractivity contribution in [2.75, 3.05) is 11.9 Å². The van der Waals surface area contributed by atoms with Crippen molar-refractivity contribution in [3.05, 3.63) is 50.7 Å². The molecule has 144 valence electrons. The molecule has 0 radical (unpaired) electrons. The van der Waals surface area contributed by atoms with Gasteiger partial charge in [0.1, 0.15) is 0 Å². The van der Waals surface area contributed by atoms with E-state index in [1.807, 2.05) is 32.0 Å². The summed E-state index contributed by atoms with van der Waals surface area (Å²) in [6, 6.07) is 9.16. The smallest absolute Gasteiger partial charge is 0.306 e. The molecular formula is C20H22ClNO4S. The van der Waals surface area contributed by atoms with Gasteiger partial charge in [-0.3, -0.25) is 14.4 Å². The number of rotatable bonds is 9. The van der Waals surface area contributed by atoms with Gasteiger partial charge < -0.3 is 10.1 Å². The highest BCUT2D eigenvalue weighted by atomic mass is 35.5. The zero-order chi connectivity index (χ0) is 19.8. The Morgan fingerprint density at radius 3 is 2.26 bits per heavy atom. The summed E-state index contributed by atoms with van der Waals surface area (Å²) in [6.45, 7) is 3.66. The fraction of sp³-hybridized carbons (Fsp3) is 0.350. The number of hydrogen-bond acceptors (Lipinski definition) is 5. The maximum atomic E-state index is 12.1. The van der Waals surface area contributed by atoms with Gasteiger partial charge in [0.05, 0.1) is 15.6 Å². The van der Waals surface area contributed by atoms with Crippen molar-refractivity contribution < 1.29 is 19.1 Å². The first-order valence-electron chi connectivity index (χ1n) is 8.79. The molecular weight excluding hydrogens is 386 g/mol. The second-order valence-electron chi connectivity index (χ2n) is 5.89. The van der Waals surface area contributed by atoms with Crippen molar-refractivity contribution in [2.24, 2.45) is 0 Å². The first-order valence-corrected chi connectivity index (χ1v) is 9.98. The Morgan fingerprint density at radius 2 is 1.70 bits per heavy atom. The van der Waals surface area contributed by atoms with Crippen LogP contribution < -0.4 is 5.32 Å². The van der Waals surface area contributed by atoms with Gasteiger partial charge in [-0.05, 0) is 36.1 Å². The lowest BCUT2D eigenvalue weighted by molar-refractivity contribution is -0.147. The van der Waals surface area contributed by atoms with Gasteiger partial charge in [0.25, 0.3) is 5.91 Å². The quantitative estimate of drug-likeness (QED) is 0.484. The number of carbonyl (C=O) groups is 3. The molecule has 7 heteroatoms. The van der Waals surface area contributed by atoms with E-state index in [9.17, 15) is 14.4 Å². The molecule has 0 aliphatic rings. The Morgan fingerprint density at radius 1 is 1.04 bits per heavy atom. The molecule has 1 N–H and O–H groups in total. The number of amides is 1. The predicted molar refractivity (Wildman–Crippen MR) is 108 cm³/mol. The van der Waals surface area contributed by atoms with Crippen molar-refractivity contribution in [2.45, 2.75) is 39.5 Å². The molecule has 0 saturated carbocycles. The minimum absolute atomic E-state index is 0.0238. The molecule has 2 rings (SSSR count). The lowest BCUT2D eigenvalue weighted by atomic mass is 10.0. The molecule has 0 saturated heterocycles. The van der Waals surface area contributed by atoms with Crippen molar-refractivity contribution in [3.8, 4) is 0 Å².